The van der Waals surface area contributed by atoms with Crippen molar-refractivity contribution in [1.29, 1.82) is 0 Å². The third-order valence-corrected chi connectivity index (χ3v) is 6.20. The molecule has 2 aliphatic heterocycles. The van der Waals surface area contributed by atoms with E-state index in [1.807, 2.05) is 41.7 Å². The molecule has 1 saturated heterocycles. The van der Waals surface area contributed by atoms with Crippen LogP contribution in [0.2, 0.25) is 0 Å². The lowest BCUT2D eigenvalue weighted by molar-refractivity contribution is 0.0775. The first-order valence-corrected chi connectivity index (χ1v) is 9.77. The van der Waals surface area contributed by atoms with E-state index in [4.69, 9.17) is 4.74 Å². The number of ether oxygens (including phenoxy) is 1. The molecule has 0 aliphatic carbocycles. The summed E-state index contributed by atoms with van der Waals surface area (Å²) in [4.78, 5) is 27.3. The first kappa shape index (κ1) is 16.4. The molecule has 3 aromatic rings. The second kappa shape index (κ2) is 6.13. The smallest absolute Gasteiger partial charge is 0.273 e. The van der Waals surface area contributed by atoms with Crippen molar-refractivity contribution in [2.45, 2.75) is 18.8 Å². The summed E-state index contributed by atoms with van der Waals surface area (Å²) in [6, 6.07) is 6.22. The molecule has 1 atom stereocenters. The van der Waals surface area contributed by atoms with Crippen molar-refractivity contribution in [2.24, 2.45) is 0 Å². The van der Waals surface area contributed by atoms with Crippen molar-refractivity contribution in [3.8, 4) is 16.9 Å². The summed E-state index contributed by atoms with van der Waals surface area (Å²) in [6.45, 7) is 3.90. The maximum atomic E-state index is 12.8. The number of fused-ring (bicyclic) bond motifs is 2. The number of hydrogen-bond acceptors (Lipinski definition) is 6. The van der Waals surface area contributed by atoms with Gasteiger partial charge in [0.1, 0.15) is 17.8 Å². The SMILES string of the molecule is Cc1nc(C(=O)N2CCC3(COc4ccc(-c5cncnc5)cc43)C2)cs1. The van der Waals surface area contributed by atoms with E-state index in [2.05, 4.69) is 21.0 Å². The van der Waals surface area contributed by atoms with E-state index in [-0.39, 0.29) is 11.3 Å². The summed E-state index contributed by atoms with van der Waals surface area (Å²) < 4.78 is 5.98. The van der Waals surface area contributed by atoms with E-state index in [0.29, 0.717) is 18.8 Å². The molecular weight excluding hydrogens is 360 g/mol. The Labute approximate surface area is 160 Å². The largest absolute Gasteiger partial charge is 0.492 e. The number of aromatic nitrogens is 3. The number of hydrogen-bond donors (Lipinski definition) is 0. The van der Waals surface area contributed by atoms with Gasteiger partial charge in [0.15, 0.2) is 0 Å². The fourth-order valence-electron chi connectivity index (χ4n) is 4.00. The highest BCUT2D eigenvalue weighted by Gasteiger charge is 2.47. The Morgan fingerprint density at radius 2 is 2.11 bits per heavy atom. The summed E-state index contributed by atoms with van der Waals surface area (Å²) in [6.07, 6.45) is 6.05. The molecule has 1 spiro atoms. The van der Waals surface area contributed by atoms with E-state index in [1.54, 1.807) is 0 Å². The number of carbonyl (C=O) groups is 1. The Bertz CT molecular complexity index is 1020. The number of carbonyl (C=O) groups excluding carboxylic acids is 1. The van der Waals surface area contributed by atoms with Crippen molar-refractivity contribution in [2.75, 3.05) is 19.7 Å². The van der Waals surface area contributed by atoms with Gasteiger partial charge in [0.2, 0.25) is 0 Å². The monoisotopic (exact) mass is 378 g/mol. The lowest BCUT2D eigenvalue weighted by atomic mass is 9.81. The average Bonchev–Trinajstić information content (AvgIpc) is 3.42. The minimum atomic E-state index is -0.151. The van der Waals surface area contributed by atoms with Gasteiger partial charge in [-0.05, 0) is 31.0 Å². The number of rotatable bonds is 2. The standard InChI is InChI=1S/C20H18N4O2S/c1-13-23-17(9-27-13)19(25)24-5-4-20(10-24)11-26-18-3-2-14(6-16(18)20)15-7-21-12-22-8-15/h2-3,6-9,12H,4-5,10-11H2,1H3. The molecule has 0 N–H and O–H groups in total. The third-order valence-electron chi connectivity index (χ3n) is 5.43. The zero-order valence-electron chi connectivity index (χ0n) is 14.9. The predicted molar refractivity (Wildman–Crippen MR) is 102 cm³/mol. The number of nitrogens with zero attached hydrogens (tertiary/aromatic N) is 4. The molecule has 1 fully saturated rings. The minimum absolute atomic E-state index is 0.0114. The Morgan fingerprint density at radius 3 is 2.89 bits per heavy atom. The lowest BCUT2D eigenvalue weighted by Crippen LogP contribution is -2.35. The van der Waals surface area contributed by atoms with Gasteiger partial charge in [0.25, 0.3) is 5.91 Å². The second-order valence-electron chi connectivity index (χ2n) is 7.14. The summed E-state index contributed by atoms with van der Waals surface area (Å²) in [5.41, 5.74) is 3.62. The molecule has 4 heterocycles. The van der Waals surface area contributed by atoms with Gasteiger partial charge in [-0.15, -0.1) is 11.3 Å². The molecule has 7 heteroatoms. The number of aryl methyl sites for hydroxylation is 1. The molecular formula is C20H18N4O2S. The average molecular weight is 378 g/mol. The highest BCUT2D eigenvalue weighted by molar-refractivity contribution is 7.09. The van der Waals surface area contributed by atoms with Crippen LogP contribution >= 0.6 is 11.3 Å². The van der Waals surface area contributed by atoms with Crippen LogP contribution in [0.5, 0.6) is 5.75 Å². The molecule has 0 radical (unpaired) electrons. The summed E-state index contributed by atoms with van der Waals surface area (Å²) >= 11 is 1.51. The summed E-state index contributed by atoms with van der Waals surface area (Å²) in [5, 5.41) is 2.76. The molecule has 1 aromatic carbocycles. The molecule has 5 rings (SSSR count). The summed E-state index contributed by atoms with van der Waals surface area (Å²) in [7, 11) is 0. The van der Waals surface area contributed by atoms with Gasteiger partial charge in [-0.3, -0.25) is 4.79 Å². The number of likely N-dealkylation sites (tertiary alicyclic amines) is 1. The van der Waals surface area contributed by atoms with Crippen LogP contribution in [0, 0.1) is 6.92 Å². The molecule has 6 nitrogen and oxygen atoms in total. The maximum absolute atomic E-state index is 12.8. The van der Waals surface area contributed by atoms with Gasteiger partial charge in [-0.25, -0.2) is 15.0 Å². The third kappa shape index (κ3) is 2.70. The first-order valence-electron chi connectivity index (χ1n) is 8.89. The van der Waals surface area contributed by atoms with Crippen molar-refractivity contribution in [3.63, 3.8) is 0 Å². The van der Waals surface area contributed by atoms with Gasteiger partial charge < -0.3 is 9.64 Å². The molecule has 1 amide bonds. The van der Waals surface area contributed by atoms with Crippen molar-refractivity contribution in [1.82, 2.24) is 19.9 Å². The van der Waals surface area contributed by atoms with Crippen LogP contribution in [0.1, 0.15) is 27.5 Å². The maximum Gasteiger partial charge on any atom is 0.273 e. The topological polar surface area (TPSA) is 68.2 Å². The fourth-order valence-corrected chi connectivity index (χ4v) is 4.59. The van der Waals surface area contributed by atoms with E-state index in [9.17, 15) is 4.79 Å². The van der Waals surface area contributed by atoms with Crippen LogP contribution in [-0.4, -0.2) is 45.5 Å². The normalized spacial score (nSPS) is 20.7. The van der Waals surface area contributed by atoms with Gasteiger partial charge in [-0.1, -0.05) is 6.07 Å². The van der Waals surface area contributed by atoms with Crippen molar-refractivity contribution in [3.05, 3.63) is 58.6 Å². The summed E-state index contributed by atoms with van der Waals surface area (Å²) in [5.74, 6) is 0.923. The van der Waals surface area contributed by atoms with Crippen LogP contribution in [0.25, 0.3) is 11.1 Å². The van der Waals surface area contributed by atoms with Gasteiger partial charge >= 0.3 is 0 Å². The van der Waals surface area contributed by atoms with Crippen LogP contribution < -0.4 is 4.74 Å². The fraction of sp³-hybridized carbons (Fsp3) is 0.300. The van der Waals surface area contributed by atoms with Crippen LogP contribution in [0.15, 0.2) is 42.3 Å². The van der Waals surface area contributed by atoms with Gasteiger partial charge in [0.05, 0.1) is 17.0 Å². The quantitative estimate of drug-likeness (QED) is 0.685. The van der Waals surface area contributed by atoms with E-state index < -0.39 is 0 Å². The number of amides is 1. The number of benzene rings is 1. The Morgan fingerprint density at radius 1 is 1.26 bits per heavy atom. The molecule has 2 aromatic heterocycles. The highest BCUT2D eigenvalue weighted by atomic mass is 32.1. The van der Waals surface area contributed by atoms with E-state index >= 15 is 0 Å². The first-order chi connectivity index (χ1) is 13.1. The van der Waals surface area contributed by atoms with Gasteiger partial charge in [0, 0.05) is 42.0 Å². The van der Waals surface area contributed by atoms with E-state index in [1.165, 1.54) is 23.2 Å². The van der Waals surface area contributed by atoms with Gasteiger partial charge in [-0.2, -0.15) is 0 Å². The molecule has 1 unspecified atom stereocenters. The molecule has 0 bridgehead atoms. The lowest BCUT2D eigenvalue weighted by Gasteiger charge is -2.23. The predicted octanol–water partition coefficient (Wildman–Crippen LogP) is 3.08. The molecule has 136 valence electrons. The van der Waals surface area contributed by atoms with Crippen LogP contribution in [-0.2, 0) is 5.41 Å². The zero-order chi connectivity index (χ0) is 18.4. The molecule has 0 saturated carbocycles. The van der Waals surface area contributed by atoms with E-state index in [0.717, 1.165) is 34.8 Å². The highest BCUT2D eigenvalue weighted by Crippen LogP contribution is 2.46. The Kier molecular flexibility index (Phi) is 3.72. The molecule has 27 heavy (non-hydrogen) atoms. The number of thiazole rings is 1. The molecule has 2 aliphatic rings. The second-order valence-corrected chi connectivity index (χ2v) is 8.20. The Hall–Kier alpha value is -2.80. The van der Waals surface area contributed by atoms with Crippen LogP contribution in [0.4, 0.5) is 0 Å². The Balaban J connectivity index is 1.45. The minimum Gasteiger partial charge on any atom is -0.492 e. The van der Waals surface area contributed by atoms with Crippen LogP contribution in [0.3, 0.4) is 0 Å². The van der Waals surface area contributed by atoms with Crippen molar-refractivity contribution < 1.29 is 9.53 Å². The van der Waals surface area contributed by atoms with Crippen molar-refractivity contribution >= 4 is 17.2 Å². The zero-order valence-corrected chi connectivity index (χ0v) is 15.7.